The van der Waals surface area contributed by atoms with Crippen molar-refractivity contribution in [3.63, 3.8) is 0 Å². The number of hydrogen-bond acceptors (Lipinski definition) is 3. The van der Waals surface area contributed by atoms with Gasteiger partial charge in [-0.25, -0.2) is 0 Å². The first-order valence-corrected chi connectivity index (χ1v) is 6.16. The highest BCUT2D eigenvalue weighted by atomic mass is 16.2. The number of benzene rings is 1. The number of nitrogens with zero attached hydrogens (tertiary/aromatic N) is 2. The summed E-state index contributed by atoms with van der Waals surface area (Å²) in [4.78, 5) is 24.4. The fourth-order valence-corrected chi connectivity index (χ4v) is 2.19. The Morgan fingerprint density at radius 1 is 1.05 bits per heavy atom. The third-order valence-corrected chi connectivity index (χ3v) is 3.26. The number of amides is 2. The summed E-state index contributed by atoms with van der Waals surface area (Å²) in [5.41, 5.74) is 2.92. The van der Waals surface area contributed by atoms with Gasteiger partial charge in [0.2, 0.25) is 11.8 Å². The Morgan fingerprint density at radius 2 is 1.74 bits per heavy atom. The van der Waals surface area contributed by atoms with Gasteiger partial charge in [0.15, 0.2) is 0 Å². The molecule has 5 heteroatoms. The predicted octanol–water partition coefficient (Wildman–Crippen LogP) is 1.73. The number of carbonyl (C=O) groups excluding carboxylic acids is 2. The molecule has 19 heavy (non-hydrogen) atoms. The van der Waals surface area contributed by atoms with E-state index in [1.807, 2.05) is 30.3 Å². The van der Waals surface area contributed by atoms with Crippen LogP contribution >= 0.6 is 0 Å². The van der Waals surface area contributed by atoms with E-state index in [9.17, 15) is 9.59 Å². The molecule has 2 aromatic rings. The molecule has 0 saturated carbocycles. The standard InChI is InChI=1S/C14H13N3O2/c18-13-5-6-14(19)17(13)9-10-1-3-11(4-2-10)12-7-8-15-16-12/h1-4,7-8H,5-6,9H2,(H,15,16). The molecule has 0 unspecified atom stereocenters. The van der Waals surface area contributed by atoms with Gasteiger partial charge in [0.1, 0.15) is 0 Å². The zero-order valence-corrected chi connectivity index (χ0v) is 10.3. The Balaban J connectivity index is 1.76. The Morgan fingerprint density at radius 3 is 2.32 bits per heavy atom. The average Bonchev–Trinajstić information content (AvgIpc) is 3.05. The molecule has 1 aliphatic rings. The van der Waals surface area contributed by atoms with Crippen LogP contribution in [-0.2, 0) is 16.1 Å². The van der Waals surface area contributed by atoms with Gasteiger partial charge in [0, 0.05) is 19.0 Å². The topological polar surface area (TPSA) is 66.1 Å². The van der Waals surface area contributed by atoms with E-state index < -0.39 is 0 Å². The predicted molar refractivity (Wildman–Crippen MR) is 68.8 cm³/mol. The van der Waals surface area contributed by atoms with Crippen LogP contribution in [0.5, 0.6) is 0 Å². The second-order valence-electron chi connectivity index (χ2n) is 4.54. The third-order valence-electron chi connectivity index (χ3n) is 3.26. The summed E-state index contributed by atoms with van der Waals surface area (Å²) in [7, 11) is 0. The molecule has 0 aliphatic carbocycles. The normalized spacial score (nSPS) is 15.3. The Kier molecular flexibility index (Phi) is 2.87. The molecule has 1 aromatic heterocycles. The van der Waals surface area contributed by atoms with Crippen LogP contribution in [0, 0.1) is 0 Å². The second-order valence-corrected chi connectivity index (χ2v) is 4.54. The van der Waals surface area contributed by atoms with Crippen LogP contribution in [0.1, 0.15) is 18.4 Å². The van der Waals surface area contributed by atoms with E-state index in [1.165, 1.54) is 4.90 Å². The minimum absolute atomic E-state index is 0.0809. The molecule has 1 saturated heterocycles. The summed E-state index contributed by atoms with van der Waals surface area (Å²) in [5, 5.41) is 6.79. The van der Waals surface area contributed by atoms with Gasteiger partial charge in [-0.3, -0.25) is 19.6 Å². The molecule has 0 radical (unpaired) electrons. The molecule has 1 aromatic carbocycles. The van der Waals surface area contributed by atoms with Crippen molar-refractivity contribution in [2.75, 3.05) is 0 Å². The summed E-state index contributed by atoms with van der Waals surface area (Å²) in [5.74, 6) is -0.162. The van der Waals surface area contributed by atoms with Crippen LogP contribution in [0.4, 0.5) is 0 Å². The van der Waals surface area contributed by atoms with Crippen LogP contribution < -0.4 is 0 Å². The van der Waals surface area contributed by atoms with Crippen molar-refractivity contribution in [1.29, 1.82) is 0 Å². The molecule has 2 heterocycles. The first-order valence-electron chi connectivity index (χ1n) is 6.16. The van der Waals surface area contributed by atoms with E-state index in [-0.39, 0.29) is 11.8 Å². The fourth-order valence-electron chi connectivity index (χ4n) is 2.19. The zero-order valence-electron chi connectivity index (χ0n) is 10.3. The molecule has 1 N–H and O–H groups in total. The van der Waals surface area contributed by atoms with Gasteiger partial charge in [-0.15, -0.1) is 0 Å². The summed E-state index contributed by atoms with van der Waals surface area (Å²) < 4.78 is 0. The lowest BCUT2D eigenvalue weighted by molar-refractivity contribution is -0.139. The van der Waals surface area contributed by atoms with Crippen molar-refractivity contribution in [3.05, 3.63) is 42.1 Å². The molecular weight excluding hydrogens is 242 g/mol. The zero-order chi connectivity index (χ0) is 13.2. The summed E-state index contributed by atoms with van der Waals surface area (Å²) in [6.07, 6.45) is 2.38. The summed E-state index contributed by atoms with van der Waals surface area (Å²) in [6.45, 7) is 0.362. The molecule has 1 fully saturated rings. The van der Waals surface area contributed by atoms with Gasteiger partial charge in [-0.2, -0.15) is 5.10 Å². The van der Waals surface area contributed by atoms with Gasteiger partial charge in [-0.05, 0) is 17.2 Å². The highest BCUT2D eigenvalue weighted by Crippen LogP contribution is 2.19. The van der Waals surface area contributed by atoms with Crippen molar-refractivity contribution < 1.29 is 9.59 Å². The van der Waals surface area contributed by atoms with Crippen LogP contribution in [0.2, 0.25) is 0 Å². The van der Waals surface area contributed by atoms with Crippen molar-refractivity contribution in [3.8, 4) is 11.3 Å². The first kappa shape index (κ1) is 11.6. The van der Waals surface area contributed by atoms with Crippen LogP contribution in [0.3, 0.4) is 0 Å². The maximum atomic E-state index is 11.5. The largest absolute Gasteiger partial charge is 0.278 e. The lowest BCUT2D eigenvalue weighted by Crippen LogP contribution is -2.28. The molecular formula is C14H13N3O2. The SMILES string of the molecule is O=C1CCC(=O)N1Cc1ccc(-c2ccn[nH]2)cc1. The lowest BCUT2D eigenvalue weighted by Gasteiger charge is -2.13. The number of hydrogen-bond donors (Lipinski definition) is 1. The van der Waals surface area contributed by atoms with E-state index >= 15 is 0 Å². The van der Waals surface area contributed by atoms with E-state index in [0.29, 0.717) is 19.4 Å². The van der Waals surface area contributed by atoms with Crippen molar-refractivity contribution >= 4 is 11.8 Å². The Hall–Kier alpha value is -2.43. The van der Waals surface area contributed by atoms with Gasteiger partial charge in [0.05, 0.1) is 12.2 Å². The van der Waals surface area contributed by atoms with Crippen molar-refractivity contribution in [1.82, 2.24) is 15.1 Å². The molecule has 2 amide bonds. The lowest BCUT2D eigenvalue weighted by atomic mass is 10.1. The van der Waals surface area contributed by atoms with E-state index in [1.54, 1.807) is 6.20 Å². The van der Waals surface area contributed by atoms with Gasteiger partial charge in [0.25, 0.3) is 0 Å². The van der Waals surface area contributed by atoms with Crippen LogP contribution in [0.15, 0.2) is 36.5 Å². The molecule has 5 nitrogen and oxygen atoms in total. The number of rotatable bonds is 3. The first-order chi connectivity index (χ1) is 9.24. The number of nitrogens with one attached hydrogen (secondary N) is 1. The van der Waals surface area contributed by atoms with Crippen LogP contribution in [0.25, 0.3) is 11.3 Å². The Bertz CT molecular complexity index is 586. The van der Waals surface area contributed by atoms with Gasteiger partial charge >= 0.3 is 0 Å². The van der Waals surface area contributed by atoms with E-state index in [0.717, 1.165) is 16.8 Å². The van der Waals surface area contributed by atoms with Crippen LogP contribution in [-0.4, -0.2) is 26.9 Å². The van der Waals surface area contributed by atoms with Crippen molar-refractivity contribution in [2.24, 2.45) is 0 Å². The number of imide groups is 1. The monoisotopic (exact) mass is 255 g/mol. The minimum Gasteiger partial charge on any atom is -0.278 e. The smallest absolute Gasteiger partial charge is 0.229 e. The Labute approximate surface area is 110 Å². The second kappa shape index (κ2) is 4.68. The molecule has 1 aliphatic heterocycles. The summed E-state index contributed by atoms with van der Waals surface area (Å²) in [6, 6.07) is 9.65. The van der Waals surface area contributed by atoms with E-state index in [4.69, 9.17) is 0 Å². The number of aromatic nitrogens is 2. The quantitative estimate of drug-likeness (QED) is 0.849. The minimum atomic E-state index is -0.0809. The maximum Gasteiger partial charge on any atom is 0.229 e. The third kappa shape index (κ3) is 2.27. The number of H-pyrrole nitrogens is 1. The van der Waals surface area contributed by atoms with E-state index in [2.05, 4.69) is 10.2 Å². The number of carbonyl (C=O) groups is 2. The molecule has 0 atom stereocenters. The maximum absolute atomic E-state index is 11.5. The summed E-state index contributed by atoms with van der Waals surface area (Å²) >= 11 is 0. The number of likely N-dealkylation sites (tertiary alicyclic amines) is 1. The average molecular weight is 255 g/mol. The molecule has 0 spiro atoms. The highest BCUT2D eigenvalue weighted by Gasteiger charge is 2.28. The fraction of sp³-hybridized carbons (Fsp3) is 0.214. The molecule has 3 rings (SSSR count). The number of aromatic amines is 1. The van der Waals surface area contributed by atoms with Gasteiger partial charge < -0.3 is 0 Å². The van der Waals surface area contributed by atoms with Gasteiger partial charge in [-0.1, -0.05) is 24.3 Å². The highest BCUT2D eigenvalue weighted by molar-refractivity contribution is 6.01. The van der Waals surface area contributed by atoms with Crippen molar-refractivity contribution in [2.45, 2.75) is 19.4 Å². The molecule has 96 valence electrons. The molecule has 0 bridgehead atoms.